The van der Waals surface area contributed by atoms with Crippen LogP contribution in [-0.2, 0) is 24.6 Å². The van der Waals surface area contributed by atoms with Crippen molar-refractivity contribution < 1.29 is 17.8 Å². The molecule has 1 saturated heterocycles. The van der Waals surface area contributed by atoms with E-state index in [1.54, 1.807) is 18.2 Å². The summed E-state index contributed by atoms with van der Waals surface area (Å²) in [5.74, 6) is -0.560. The summed E-state index contributed by atoms with van der Waals surface area (Å²) in [6.07, 6.45) is 0. The van der Waals surface area contributed by atoms with Gasteiger partial charge in [0.15, 0.2) is 0 Å². The first-order chi connectivity index (χ1) is 13.3. The van der Waals surface area contributed by atoms with Crippen LogP contribution in [0.25, 0.3) is 0 Å². The van der Waals surface area contributed by atoms with Crippen molar-refractivity contribution in [3.05, 3.63) is 64.7 Å². The smallest absolute Gasteiger partial charge is 0.308 e. The molecular weight excluding hydrogens is 393 g/mol. The van der Waals surface area contributed by atoms with Gasteiger partial charge in [0.1, 0.15) is 16.8 Å². The zero-order valence-corrected chi connectivity index (χ0v) is 18.8. The van der Waals surface area contributed by atoms with Crippen LogP contribution in [0.2, 0.25) is 0 Å². The van der Waals surface area contributed by atoms with Crippen LogP contribution in [0.4, 0.5) is 0 Å². The Bertz CT molecular complexity index is 885. The zero-order chi connectivity index (χ0) is 20.5. The zero-order valence-electron chi connectivity index (χ0n) is 17.0. The molecule has 0 aliphatic carbocycles. The Labute approximate surface area is 170 Å². The molecule has 5 nitrogen and oxygen atoms in total. The summed E-state index contributed by atoms with van der Waals surface area (Å²) in [6.45, 7) is 10.1. The molecule has 4 atom stereocenters. The largest absolute Gasteiger partial charge is 0.350 e. The van der Waals surface area contributed by atoms with Crippen LogP contribution in [0.15, 0.2) is 47.4 Å². The second-order valence-electron chi connectivity index (χ2n) is 6.98. The molecule has 28 heavy (non-hydrogen) atoms. The van der Waals surface area contributed by atoms with Crippen LogP contribution < -0.4 is 0 Å². The van der Waals surface area contributed by atoms with Crippen molar-refractivity contribution in [1.29, 1.82) is 0 Å². The van der Waals surface area contributed by atoms with Crippen LogP contribution in [0.5, 0.6) is 0 Å². The van der Waals surface area contributed by atoms with Gasteiger partial charge in [0.05, 0.1) is 24.2 Å². The highest BCUT2D eigenvalue weighted by atomic mass is 32.2. The van der Waals surface area contributed by atoms with Gasteiger partial charge in [-0.25, -0.2) is 4.21 Å². The third-order valence-electron chi connectivity index (χ3n) is 4.78. The first-order valence-electron chi connectivity index (χ1n) is 9.55. The van der Waals surface area contributed by atoms with Crippen molar-refractivity contribution in [3.63, 3.8) is 0 Å². The topological polar surface area (TPSA) is 55.6 Å². The fourth-order valence-corrected chi connectivity index (χ4v) is 8.16. The normalized spacial score (nSPS) is 22.8. The van der Waals surface area contributed by atoms with E-state index in [0.29, 0.717) is 0 Å². The van der Waals surface area contributed by atoms with E-state index in [4.69, 9.17) is 9.05 Å². The molecule has 152 valence electrons. The second kappa shape index (κ2) is 8.60. The molecule has 1 fully saturated rings. The molecule has 0 spiro atoms. The average molecular weight is 421 g/mol. The van der Waals surface area contributed by atoms with Gasteiger partial charge in [-0.15, -0.1) is 0 Å². The molecule has 0 radical (unpaired) electrons. The van der Waals surface area contributed by atoms with Gasteiger partial charge in [-0.2, -0.15) is 4.31 Å². The van der Waals surface area contributed by atoms with Gasteiger partial charge in [0.25, 0.3) is 0 Å². The Kier molecular flexibility index (Phi) is 6.58. The van der Waals surface area contributed by atoms with Crippen LogP contribution in [0.1, 0.15) is 42.1 Å². The minimum absolute atomic E-state index is 0.272. The molecule has 0 N–H and O–H groups in total. The highest BCUT2D eigenvalue weighted by Gasteiger charge is 2.64. The SMILES string of the molecule is CCOP(=O)(OCC)[C@H]1[C@@H](c2ccccc2)N1[S@@](=O)c1c(C)cc(C)cc1C. The standard InChI is InChI=1S/C21H28NO4PS/c1-6-25-27(23,26-7-2)21-19(18-11-9-8-10-12-18)22(21)28(24)20-16(4)13-15(3)14-17(20)5/h8-14,19,21H,6-7H2,1-5H3/t19-,21+,22?,28+/m1/s1. The molecule has 3 rings (SSSR count). The summed E-state index contributed by atoms with van der Waals surface area (Å²) >= 11 is 0. The average Bonchev–Trinajstić information content (AvgIpc) is 3.38. The van der Waals surface area contributed by atoms with Gasteiger partial charge in [0.2, 0.25) is 0 Å². The first kappa shape index (κ1) is 21.4. The van der Waals surface area contributed by atoms with Gasteiger partial charge >= 0.3 is 7.60 Å². The van der Waals surface area contributed by atoms with Gasteiger partial charge in [-0.05, 0) is 51.3 Å². The summed E-state index contributed by atoms with van der Waals surface area (Å²) in [6, 6.07) is 13.5. The maximum absolute atomic E-state index is 13.6. The predicted molar refractivity (Wildman–Crippen MR) is 113 cm³/mol. The summed E-state index contributed by atoms with van der Waals surface area (Å²) in [7, 11) is -4.91. The molecule has 1 unspecified atom stereocenters. The van der Waals surface area contributed by atoms with Crippen molar-refractivity contribution in [3.8, 4) is 0 Å². The lowest BCUT2D eigenvalue weighted by atomic mass is 10.1. The van der Waals surface area contributed by atoms with Gasteiger partial charge in [0, 0.05) is 0 Å². The van der Waals surface area contributed by atoms with E-state index in [1.807, 2.05) is 63.2 Å². The molecule has 7 heteroatoms. The lowest BCUT2D eigenvalue weighted by Crippen LogP contribution is -2.12. The van der Waals surface area contributed by atoms with E-state index in [9.17, 15) is 8.77 Å². The Morgan fingerprint density at radius 2 is 1.54 bits per heavy atom. The number of hydrogen-bond acceptors (Lipinski definition) is 4. The summed E-state index contributed by atoms with van der Waals surface area (Å²) < 4.78 is 40.1. The van der Waals surface area contributed by atoms with Crippen molar-refractivity contribution in [2.24, 2.45) is 0 Å². The highest BCUT2D eigenvalue weighted by Crippen LogP contribution is 2.69. The third-order valence-corrected chi connectivity index (χ3v) is 9.18. The molecule has 0 aromatic heterocycles. The van der Waals surface area contributed by atoms with Crippen molar-refractivity contribution in [2.75, 3.05) is 13.2 Å². The number of nitrogens with zero attached hydrogens (tertiary/aromatic N) is 1. The third kappa shape index (κ3) is 4.03. The summed E-state index contributed by atoms with van der Waals surface area (Å²) in [4.78, 5) is 0.772. The van der Waals surface area contributed by atoms with Crippen molar-refractivity contribution in [1.82, 2.24) is 4.31 Å². The Morgan fingerprint density at radius 1 is 1.00 bits per heavy atom. The minimum atomic E-state index is -3.44. The molecule has 2 aromatic carbocycles. The van der Waals surface area contributed by atoms with E-state index in [0.717, 1.165) is 27.1 Å². The highest BCUT2D eigenvalue weighted by molar-refractivity contribution is 7.83. The lowest BCUT2D eigenvalue weighted by Gasteiger charge is -2.17. The Hall–Kier alpha value is -1.30. The number of benzene rings is 2. The maximum atomic E-state index is 13.6. The lowest BCUT2D eigenvalue weighted by molar-refractivity contribution is 0.216. The number of hydrogen-bond donors (Lipinski definition) is 0. The molecule has 0 bridgehead atoms. The first-order valence-corrected chi connectivity index (χ1v) is 12.3. The number of rotatable bonds is 8. The Balaban J connectivity index is 2.04. The maximum Gasteiger partial charge on any atom is 0.350 e. The molecule has 1 aliphatic heterocycles. The summed E-state index contributed by atoms with van der Waals surface area (Å²) in [5, 5.41) is 0. The van der Waals surface area contributed by atoms with E-state index < -0.39 is 24.4 Å². The predicted octanol–water partition coefficient (Wildman–Crippen LogP) is 5.28. The van der Waals surface area contributed by atoms with Crippen LogP contribution in [0.3, 0.4) is 0 Å². The van der Waals surface area contributed by atoms with E-state index in [-0.39, 0.29) is 19.3 Å². The molecule has 1 heterocycles. The Morgan fingerprint density at radius 3 is 2.04 bits per heavy atom. The molecule has 1 aliphatic rings. The number of aryl methyl sites for hydroxylation is 3. The molecule has 0 amide bonds. The van der Waals surface area contributed by atoms with Gasteiger partial charge < -0.3 is 9.05 Å². The van der Waals surface area contributed by atoms with Crippen LogP contribution in [-0.4, -0.2) is 27.5 Å². The molecule has 0 saturated carbocycles. The van der Waals surface area contributed by atoms with Crippen molar-refractivity contribution >= 4 is 18.6 Å². The fourth-order valence-electron chi connectivity index (χ4n) is 3.78. The monoisotopic (exact) mass is 421 g/mol. The molecular formula is C21H28NO4PS. The van der Waals surface area contributed by atoms with Crippen molar-refractivity contribution in [2.45, 2.75) is 51.3 Å². The summed E-state index contributed by atoms with van der Waals surface area (Å²) in [5.41, 5.74) is 4.03. The van der Waals surface area contributed by atoms with Crippen LogP contribution in [0, 0.1) is 20.8 Å². The van der Waals surface area contributed by atoms with E-state index in [1.165, 1.54) is 0 Å². The van der Waals surface area contributed by atoms with Gasteiger partial charge in [-0.3, -0.25) is 4.57 Å². The van der Waals surface area contributed by atoms with E-state index >= 15 is 0 Å². The second-order valence-corrected chi connectivity index (χ2v) is 10.4. The fraction of sp³-hybridized carbons (Fsp3) is 0.429. The minimum Gasteiger partial charge on any atom is -0.308 e. The van der Waals surface area contributed by atoms with Gasteiger partial charge in [-0.1, -0.05) is 48.0 Å². The van der Waals surface area contributed by atoms with Crippen LogP contribution >= 0.6 is 7.60 Å². The molecule has 2 aromatic rings. The quantitative estimate of drug-likeness (QED) is 0.430. The van der Waals surface area contributed by atoms with E-state index in [2.05, 4.69) is 0 Å².